The molecule has 1 aliphatic heterocycles. The lowest BCUT2D eigenvalue weighted by molar-refractivity contribution is -0.274. The Kier molecular flexibility index (Phi) is 4.02. The van der Waals surface area contributed by atoms with Crippen LogP contribution in [-0.4, -0.2) is 28.3 Å². The number of aromatic nitrogens is 1. The minimum absolute atomic E-state index is 0.0876. The first-order valence-corrected chi connectivity index (χ1v) is 7.42. The molecule has 0 aliphatic carbocycles. The van der Waals surface area contributed by atoms with E-state index in [0.717, 1.165) is 12.1 Å². The summed E-state index contributed by atoms with van der Waals surface area (Å²) in [7, 11) is 0. The van der Waals surface area contributed by atoms with E-state index < -0.39 is 24.0 Å². The maximum absolute atomic E-state index is 12.4. The van der Waals surface area contributed by atoms with Crippen molar-refractivity contribution in [3.63, 3.8) is 0 Å². The molecule has 3 N–H and O–H groups in total. The van der Waals surface area contributed by atoms with E-state index in [1.54, 1.807) is 13.8 Å². The Labute approximate surface area is 145 Å². The number of carbonyl (C=O) groups is 2. The molecule has 136 valence electrons. The average Bonchev–Trinajstić information content (AvgIpc) is 2.95. The number of hydrogen-bond acceptors (Lipinski definition) is 3. The molecule has 0 bridgehead atoms. The van der Waals surface area contributed by atoms with Crippen LogP contribution >= 0.6 is 0 Å². The molecule has 0 fully saturated rings. The van der Waals surface area contributed by atoms with Crippen LogP contribution < -0.4 is 10.1 Å². The number of halogens is 3. The predicted octanol–water partition coefficient (Wildman–Crippen LogP) is 3.72. The summed E-state index contributed by atoms with van der Waals surface area (Å²) in [5.74, 6) is -2.07. The van der Waals surface area contributed by atoms with Gasteiger partial charge in [-0.1, -0.05) is 0 Å². The zero-order chi connectivity index (χ0) is 19.2. The highest BCUT2D eigenvalue weighted by atomic mass is 19.4. The Hall–Kier alpha value is -3.23. The second-order valence-corrected chi connectivity index (χ2v) is 5.74. The van der Waals surface area contributed by atoms with Crippen LogP contribution in [0.5, 0.6) is 5.75 Å². The molecule has 26 heavy (non-hydrogen) atoms. The number of nitrogens with one attached hydrogen (secondary N) is 2. The molecule has 2 aromatic rings. The van der Waals surface area contributed by atoms with E-state index in [-0.39, 0.29) is 16.7 Å². The second kappa shape index (κ2) is 5.94. The molecule has 3 rings (SSSR count). The van der Waals surface area contributed by atoms with Gasteiger partial charge in [-0.05, 0) is 43.7 Å². The third-order valence-electron chi connectivity index (χ3n) is 3.99. The highest BCUT2D eigenvalue weighted by Gasteiger charge is 2.32. The number of ether oxygens (including phenoxy) is 1. The van der Waals surface area contributed by atoms with Gasteiger partial charge >= 0.3 is 12.3 Å². The first-order valence-electron chi connectivity index (χ1n) is 7.42. The molecule has 1 aromatic carbocycles. The topological polar surface area (TPSA) is 91.4 Å². The van der Waals surface area contributed by atoms with E-state index in [4.69, 9.17) is 0 Å². The quantitative estimate of drug-likeness (QED) is 0.722. The van der Waals surface area contributed by atoms with Crippen LogP contribution in [-0.2, 0) is 4.79 Å². The van der Waals surface area contributed by atoms with Gasteiger partial charge in [0, 0.05) is 22.6 Å². The third-order valence-corrected chi connectivity index (χ3v) is 3.99. The second-order valence-electron chi connectivity index (χ2n) is 5.74. The highest BCUT2D eigenvalue weighted by molar-refractivity contribution is 6.35. The Morgan fingerprint density at radius 2 is 1.96 bits per heavy atom. The van der Waals surface area contributed by atoms with Gasteiger partial charge in [0.2, 0.25) is 0 Å². The minimum Gasteiger partial charge on any atom is -0.478 e. The van der Waals surface area contributed by atoms with E-state index in [0.29, 0.717) is 22.6 Å². The fraction of sp³-hybridized carbons (Fsp3) is 0.176. The van der Waals surface area contributed by atoms with Crippen molar-refractivity contribution in [1.29, 1.82) is 0 Å². The number of alkyl halides is 3. The minimum atomic E-state index is -4.85. The van der Waals surface area contributed by atoms with Crippen molar-refractivity contribution in [3.05, 3.63) is 46.3 Å². The summed E-state index contributed by atoms with van der Waals surface area (Å²) >= 11 is 0. The summed E-state index contributed by atoms with van der Waals surface area (Å²) in [5, 5.41) is 11.8. The lowest BCUT2D eigenvalue weighted by Crippen LogP contribution is -2.17. The van der Waals surface area contributed by atoms with Gasteiger partial charge in [-0.2, -0.15) is 0 Å². The van der Waals surface area contributed by atoms with Crippen LogP contribution in [0.1, 0.15) is 32.9 Å². The number of benzene rings is 1. The number of anilines is 1. The molecule has 2 heterocycles. The van der Waals surface area contributed by atoms with E-state index in [1.165, 1.54) is 12.1 Å². The lowest BCUT2D eigenvalue weighted by atomic mass is 10.0. The van der Waals surface area contributed by atoms with Gasteiger partial charge in [-0.15, -0.1) is 13.2 Å². The lowest BCUT2D eigenvalue weighted by Gasteiger charge is -2.09. The van der Waals surface area contributed by atoms with Crippen molar-refractivity contribution in [2.24, 2.45) is 0 Å². The number of amides is 1. The van der Waals surface area contributed by atoms with E-state index in [2.05, 4.69) is 15.0 Å². The smallest absolute Gasteiger partial charge is 0.478 e. The van der Waals surface area contributed by atoms with Crippen LogP contribution in [0.15, 0.2) is 18.2 Å². The first kappa shape index (κ1) is 17.6. The number of carboxylic acids is 1. The standard InChI is InChI=1S/C17H13F3N2O4/c1-7-13(21-8(2)14(7)16(24)25)6-11-10-5-9(26-17(18,19)20)3-4-12(10)22-15(11)23/h3-6,21H,1-2H3,(H,22,23)(H,24,25). The van der Waals surface area contributed by atoms with Crippen LogP contribution in [0.4, 0.5) is 18.9 Å². The average molecular weight is 366 g/mol. The Morgan fingerprint density at radius 3 is 2.54 bits per heavy atom. The molecule has 0 saturated heterocycles. The molecule has 1 aromatic heterocycles. The molecule has 1 aliphatic rings. The Balaban J connectivity index is 2.07. The fourth-order valence-corrected chi connectivity index (χ4v) is 2.89. The highest BCUT2D eigenvalue weighted by Crippen LogP contribution is 2.37. The van der Waals surface area contributed by atoms with Gasteiger partial charge in [-0.25, -0.2) is 4.79 Å². The number of H-pyrrole nitrogens is 1. The summed E-state index contributed by atoms with van der Waals surface area (Å²) in [4.78, 5) is 26.4. The third kappa shape index (κ3) is 3.15. The first-order chi connectivity index (χ1) is 12.1. The van der Waals surface area contributed by atoms with Crippen LogP contribution in [0.2, 0.25) is 0 Å². The fourth-order valence-electron chi connectivity index (χ4n) is 2.89. The molecule has 9 heteroatoms. The molecule has 0 spiro atoms. The van der Waals surface area contributed by atoms with Gasteiger partial charge in [0.15, 0.2) is 0 Å². The molecule has 0 radical (unpaired) electrons. The molecule has 1 amide bonds. The number of aromatic carboxylic acids is 1. The molecule has 0 unspecified atom stereocenters. The van der Waals surface area contributed by atoms with Gasteiger partial charge in [-0.3, -0.25) is 4.79 Å². The zero-order valence-corrected chi connectivity index (χ0v) is 13.6. The maximum Gasteiger partial charge on any atom is 0.573 e. The Bertz CT molecular complexity index is 958. The maximum atomic E-state index is 12.4. The number of carboxylic acid groups (broad SMARTS) is 1. The summed E-state index contributed by atoms with van der Waals surface area (Å²) in [5.41, 5.74) is 2.00. The van der Waals surface area contributed by atoms with Crippen LogP contribution in [0.25, 0.3) is 11.6 Å². The van der Waals surface area contributed by atoms with Crippen molar-refractivity contribution >= 4 is 29.2 Å². The Morgan fingerprint density at radius 1 is 1.27 bits per heavy atom. The van der Waals surface area contributed by atoms with Crippen molar-refractivity contribution in [3.8, 4) is 5.75 Å². The largest absolute Gasteiger partial charge is 0.573 e. The number of fused-ring (bicyclic) bond motifs is 1. The summed E-state index contributed by atoms with van der Waals surface area (Å²) in [6.45, 7) is 3.16. The van der Waals surface area contributed by atoms with Gasteiger partial charge in [0.1, 0.15) is 5.75 Å². The normalized spacial score (nSPS) is 15.1. The zero-order valence-electron chi connectivity index (χ0n) is 13.6. The number of hydrogen-bond donors (Lipinski definition) is 3. The van der Waals surface area contributed by atoms with Crippen molar-refractivity contribution in [2.75, 3.05) is 5.32 Å². The number of aromatic amines is 1. The van der Waals surface area contributed by atoms with Gasteiger partial charge < -0.3 is 20.1 Å². The summed E-state index contributed by atoms with van der Waals surface area (Å²) < 4.78 is 41.1. The molecule has 6 nitrogen and oxygen atoms in total. The van der Waals surface area contributed by atoms with E-state index in [9.17, 15) is 27.9 Å². The monoisotopic (exact) mass is 366 g/mol. The van der Waals surface area contributed by atoms with Gasteiger partial charge in [0.05, 0.1) is 11.1 Å². The van der Waals surface area contributed by atoms with Crippen LogP contribution in [0.3, 0.4) is 0 Å². The van der Waals surface area contributed by atoms with Crippen molar-refractivity contribution in [1.82, 2.24) is 4.98 Å². The SMILES string of the molecule is Cc1[nH]c(C=C2C(=O)Nc3ccc(OC(F)(F)F)cc32)c(C)c1C(=O)O. The summed E-state index contributed by atoms with van der Waals surface area (Å²) in [6, 6.07) is 3.52. The van der Waals surface area contributed by atoms with E-state index in [1.807, 2.05) is 0 Å². The molecule has 0 saturated carbocycles. The number of carbonyl (C=O) groups excluding carboxylic acids is 1. The van der Waals surface area contributed by atoms with E-state index >= 15 is 0 Å². The predicted molar refractivity (Wildman–Crippen MR) is 86.9 cm³/mol. The van der Waals surface area contributed by atoms with Gasteiger partial charge in [0.25, 0.3) is 5.91 Å². The number of aryl methyl sites for hydroxylation is 1. The number of rotatable bonds is 3. The molecular weight excluding hydrogens is 353 g/mol. The van der Waals surface area contributed by atoms with Crippen LogP contribution in [0, 0.1) is 13.8 Å². The van der Waals surface area contributed by atoms with Crippen molar-refractivity contribution in [2.45, 2.75) is 20.2 Å². The molecular formula is C17H13F3N2O4. The summed E-state index contributed by atoms with van der Waals surface area (Å²) in [6.07, 6.45) is -3.44. The van der Waals surface area contributed by atoms with Crippen molar-refractivity contribution < 1.29 is 32.6 Å². The molecule has 0 atom stereocenters.